The van der Waals surface area contributed by atoms with Gasteiger partial charge in [0.2, 0.25) is 0 Å². The number of rotatable bonds is 4. The summed E-state index contributed by atoms with van der Waals surface area (Å²) >= 11 is 0. The normalized spacial score (nSPS) is 11.6. The van der Waals surface area contributed by atoms with Crippen molar-refractivity contribution in [1.29, 1.82) is 0 Å². The minimum Gasteiger partial charge on any atom is -0.317 e. The largest absolute Gasteiger partial charge is 0.317 e. The molecule has 0 amide bonds. The number of hydrogen-bond donors (Lipinski definition) is 1. The Kier molecular flexibility index (Phi) is 5.89. The Morgan fingerprint density at radius 1 is 1.40 bits per heavy atom. The highest BCUT2D eigenvalue weighted by Crippen LogP contribution is 2.12. The summed E-state index contributed by atoms with van der Waals surface area (Å²) in [6.45, 7) is 2.07. The predicted molar refractivity (Wildman–Crippen MR) is 62.6 cm³/mol. The molecule has 5 heteroatoms. The summed E-state index contributed by atoms with van der Waals surface area (Å²) in [5, 5.41) is 13.5. The topological polar surface area (TPSA) is 55.2 Å². The molecule has 15 heavy (non-hydrogen) atoms. The van der Waals surface area contributed by atoms with E-state index in [1.54, 1.807) is 12.1 Å². The molecule has 0 saturated heterocycles. The average molecular weight is 231 g/mol. The summed E-state index contributed by atoms with van der Waals surface area (Å²) in [4.78, 5) is 10.0. The molecule has 0 radical (unpaired) electrons. The summed E-state index contributed by atoms with van der Waals surface area (Å²) in [6, 6.07) is 7.06. The maximum atomic E-state index is 10.4. The minimum atomic E-state index is -0.384. The van der Waals surface area contributed by atoms with Gasteiger partial charge in [-0.15, -0.1) is 12.4 Å². The molecule has 0 aliphatic heterocycles. The van der Waals surface area contributed by atoms with Crippen LogP contribution < -0.4 is 5.32 Å². The first kappa shape index (κ1) is 13.9. The van der Waals surface area contributed by atoms with Crippen LogP contribution in [0, 0.1) is 10.1 Å². The molecule has 1 aromatic carbocycles. The number of non-ortho nitro benzene ring substituents is 1. The van der Waals surface area contributed by atoms with Gasteiger partial charge in [0.15, 0.2) is 0 Å². The van der Waals surface area contributed by atoms with Crippen molar-refractivity contribution in [2.75, 3.05) is 7.05 Å². The molecule has 0 saturated carbocycles. The van der Waals surface area contributed by atoms with Gasteiger partial charge in [-0.3, -0.25) is 10.1 Å². The summed E-state index contributed by atoms with van der Waals surface area (Å²) in [6.07, 6.45) is 0.883. The molecule has 0 unspecified atom stereocenters. The fourth-order valence-electron chi connectivity index (χ4n) is 1.21. The second kappa shape index (κ2) is 6.37. The molecular weight excluding hydrogens is 216 g/mol. The summed E-state index contributed by atoms with van der Waals surface area (Å²) < 4.78 is 0. The fourth-order valence-corrected chi connectivity index (χ4v) is 1.21. The molecule has 0 aromatic heterocycles. The Hall–Kier alpha value is -1.13. The van der Waals surface area contributed by atoms with Crippen molar-refractivity contribution in [2.45, 2.75) is 19.4 Å². The lowest BCUT2D eigenvalue weighted by Gasteiger charge is -2.09. The molecule has 1 rings (SSSR count). The monoisotopic (exact) mass is 230 g/mol. The Labute approximate surface area is 95.2 Å². The van der Waals surface area contributed by atoms with Gasteiger partial charge in [-0.05, 0) is 26.0 Å². The van der Waals surface area contributed by atoms with Gasteiger partial charge >= 0.3 is 0 Å². The number of likely N-dealkylation sites (N-methyl/N-ethyl adjacent to an activating group) is 1. The van der Waals surface area contributed by atoms with Crippen molar-refractivity contribution in [3.63, 3.8) is 0 Å². The Morgan fingerprint density at radius 2 is 1.93 bits per heavy atom. The zero-order valence-corrected chi connectivity index (χ0v) is 9.58. The van der Waals surface area contributed by atoms with Crippen LogP contribution in [0.15, 0.2) is 24.3 Å². The molecule has 1 N–H and O–H groups in total. The van der Waals surface area contributed by atoms with Crippen LogP contribution in [-0.2, 0) is 6.42 Å². The number of nitro groups is 1. The van der Waals surface area contributed by atoms with Gasteiger partial charge in [0.05, 0.1) is 4.92 Å². The van der Waals surface area contributed by atoms with Gasteiger partial charge in [0.25, 0.3) is 5.69 Å². The van der Waals surface area contributed by atoms with Gasteiger partial charge in [-0.25, -0.2) is 0 Å². The number of hydrogen-bond acceptors (Lipinski definition) is 3. The zero-order valence-electron chi connectivity index (χ0n) is 8.77. The van der Waals surface area contributed by atoms with Crippen molar-refractivity contribution in [1.82, 2.24) is 5.32 Å². The standard InChI is InChI=1S/C10H14N2O2.ClH/c1-8(11-2)7-9-3-5-10(6-4-9)12(13)14;/h3-6,8,11H,7H2,1-2H3;1H/t8-;/m1./s1. The third-order valence-corrected chi connectivity index (χ3v) is 2.18. The van der Waals surface area contributed by atoms with Crippen LogP contribution in [0.25, 0.3) is 0 Å². The van der Waals surface area contributed by atoms with Crippen molar-refractivity contribution >= 4 is 18.1 Å². The SMILES string of the molecule is CN[C@H](C)Cc1ccc([N+](=O)[O-])cc1.Cl. The van der Waals surface area contributed by atoms with E-state index < -0.39 is 0 Å². The number of benzene rings is 1. The van der Waals surface area contributed by atoms with Crippen LogP contribution in [0.4, 0.5) is 5.69 Å². The highest BCUT2D eigenvalue weighted by molar-refractivity contribution is 5.85. The van der Waals surface area contributed by atoms with E-state index in [9.17, 15) is 10.1 Å². The van der Waals surface area contributed by atoms with Crippen LogP contribution >= 0.6 is 12.4 Å². The Morgan fingerprint density at radius 3 is 2.33 bits per heavy atom. The van der Waals surface area contributed by atoms with Crippen LogP contribution in [0.5, 0.6) is 0 Å². The second-order valence-electron chi connectivity index (χ2n) is 3.32. The first-order valence-electron chi connectivity index (χ1n) is 4.54. The van der Waals surface area contributed by atoms with E-state index in [0.29, 0.717) is 6.04 Å². The molecule has 0 bridgehead atoms. The molecule has 4 nitrogen and oxygen atoms in total. The van der Waals surface area contributed by atoms with Crippen LogP contribution in [0.3, 0.4) is 0 Å². The number of nitrogens with zero attached hydrogens (tertiary/aromatic N) is 1. The molecule has 84 valence electrons. The number of nitrogens with one attached hydrogen (secondary N) is 1. The van der Waals surface area contributed by atoms with Gasteiger partial charge < -0.3 is 5.32 Å². The first-order chi connectivity index (χ1) is 6.63. The average Bonchev–Trinajstić information content (AvgIpc) is 2.18. The smallest absolute Gasteiger partial charge is 0.269 e. The van der Waals surface area contributed by atoms with E-state index in [1.807, 2.05) is 7.05 Å². The van der Waals surface area contributed by atoms with Crippen molar-refractivity contribution in [2.24, 2.45) is 0 Å². The van der Waals surface area contributed by atoms with Crippen LogP contribution in [0.2, 0.25) is 0 Å². The number of halogens is 1. The quantitative estimate of drug-likeness (QED) is 0.637. The number of nitro benzene ring substituents is 1. The third-order valence-electron chi connectivity index (χ3n) is 2.18. The van der Waals surface area contributed by atoms with Crippen LogP contribution in [0.1, 0.15) is 12.5 Å². The molecular formula is C10H15ClN2O2. The molecule has 1 aromatic rings. The molecule has 0 heterocycles. The highest BCUT2D eigenvalue weighted by Gasteiger charge is 2.05. The van der Waals surface area contributed by atoms with Gasteiger partial charge in [0, 0.05) is 18.2 Å². The van der Waals surface area contributed by atoms with Gasteiger partial charge in [0.1, 0.15) is 0 Å². The Balaban J connectivity index is 0.00000196. The summed E-state index contributed by atoms with van der Waals surface area (Å²) in [5.74, 6) is 0. The highest BCUT2D eigenvalue weighted by atomic mass is 35.5. The molecule has 0 fully saturated rings. The maximum absolute atomic E-state index is 10.4. The summed E-state index contributed by atoms with van der Waals surface area (Å²) in [7, 11) is 1.90. The van der Waals surface area contributed by atoms with E-state index in [1.165, 1.54) is 12.1 Å². The Bertz CT molecular complexity index is 314. The third kappa shape index (κ3) is 4.27. The maximum Gasteiger partial charge on any atom is 0.269 e. The molecule has 0 aliphatic rings. The summed E-state index contributed by atoms with van der Waals surface area (Å²) in [5.41, 5.74) is 1.25. The lowest BCUT2D eigenvalue weighted by atomic mass is 10.1. The first-order valence-corrected chi connectivity index (χ1v) is 4.54. The van der Waals surface area contributed by atoms with Crippen LogP contribution in [-0.4, -0.2) is 18.0 Å². The molecule has 0 aliphatic carbocycles. The van der Waals surface area contributed by atoms with E-state index in [4.69, 9.17) is 0 Å². The van der Waals surface area contributed by atoms with Crippen molar-refractivity contribution in [3.05, 3.63) is 39.9 Å². The van der Waals surface area contributed by atoms with Crippen molar-refractivity contribution in [3.8, 4) is 0 Å². The predicted octanol–water partition coefficient (Wildman–Crippen LogP) is 2.17. The minimum absolute atomic E-state index is 0. The van der Waals surface area contributed by atoms with Gasteiger partial charge in [-0.2, -0.15) is 0 Å². The lowest BCUT2D eigenvalue weighted by Crippen LogP contribution is -2.23. The van der Waals surface area contributed by atoms with E-state index in [-0.39, 0.29) is 23.0 Å². The van der Waals surface area contributed by atoms with E-state index >= 15 is 0 Å². The van der Waals surface area contributed by atoms with Gasteiger partial charge in [-0.1, -0.05) is 12.1 Å². The van der Waals surface area contributed by atoms with E-state index in [0.717, 1.165) is 12.0 Å². The molecule has 1 atom stereocenters. The van der Waals surface area contributed by atoms with E-state index in [2.05, 4.69) is 12.2 Å². The lowest BCUT2D eigenvalue weighted by molar-refractivity contribution is -0.384. The second-order valence-corrected chi connectivity index (χ2v) is 3.32. The molecule has 0 spiro atoms. The zero-order chi connectivity index (χ0) is 10.6. The fraction of sp³-hybridized carbons (Fsp3) is 0.400. The van der Waals surface area contributed by atoms with Crippen molar-refractivity contribution < 1.29 is 4.92 Å².